The first-order valence-electron chi connectivity index (χ1n) is 5.81. The molecule has 3 nitrogen and oxygen atoms in total. The van der Waals surface area contributed by atoms with Crippen molar-refractivity contribution in [2.75, 3.05) is 0 Å². The summed E-state index contributed by atoms with van der Waals surface area (Å²) in [4.78, 5) is 11.9. The third-order valence-corrected chi connectivity index (χ3v) is 3.41. The van der Waals surface area contributed by atoms with Gasteiger partial charge in [-0.25, -0.2) is 0 Å². The summed E-state index contributed by atoms with van der Waals surface area (Å²) in [6, 6.07) is 7.20. The number of aromatic nitrogens is 2. The Balaban J connectivity index is 2.15. The standard InChI is InChI=1S/C14H12BrClN2O/c1-2-18-9-12(16)13(17-18)7-8-14(19)10-3-5-11(15)6-4-10/h3-9H,2H2,1H3. The third kappa shape index (κ3) is 3.55. The van der Waals surface area contributed by atoms with E-state index in [0.717, 1.165) is 11.0 Å². The first-order chi connectivity index (χ1) is 9.10. The summed E-state index contributed by atoms with van der Waals surface area (Å²) in [6.07, 6.45) is 4.86. The van der Waals surface area contributed by atoms with Crippen molar-refractivity contribution in [3.05, 3.63) is 57.3 Å². The van der Waals surface area contributed by atoms with Crippen molar-refractivity contribution in [2.45, 2.75) is 13.5 Å². The van der Waals surface area contributed by atoms with Crippen LogP contribution in [0.25, 0.3) is 6.08 Å². The highest BCUT2D eigenvalue weighted by Gasteiger charge is 2.05. The maximum absolute atomic E-state index is 11.9. The molecule has 0 atom stereocenters. The van der Waals surface area contributed by atoms with Gasteiger partial charge >= 0.3 is 0 Å². The smallest absolute Gasteiger partial charge is 0.185 e. The highest BCUT2D eigenvalue weighted by molar-refractivity contribution is 9.10. The fraction of sp³-hybridized carbons (Fsp3) is 0.143. The molecule has 0 bridgehead atoms. The Hall–Kier alpha value is -1.39. The number of allylic oxidation sites excluding steroid dienone is 1. The number of ketones is 1. The number of nitrogens with zero attached hydrogens (tertiary/aromatic N) is 2. The lowest BCUT2D eigenvalue weighted by Crippen LogP contribution is -1.95. The van der Waals surface area contributed by atoms with Crippen molar-refractivity contribution in [2.24, 2.45) is 0 Å². The topological polar surface area (TPSA) is 34.9 Å². The van der Waals surface area contributed by atoms with E-state index in [9.17, 15) is 4.79 Å². The molecule has 2 rings (SSSR count). The summed E-state index contributed by atoms with van der Waals surface area (Å²) < 4.78 is 2.67. The van der Waals surface area contributed by atoms with Crippen LogP contribution < -0.4 is 0 Å². The molecule has 0 radical (unpaired) electrons. The first-order valence-corrected chi connectivity index (χ1v) is 6.98. The molecule has 0 spiro atoms. The molecule has 98 valence electrons. The van der Waals surface area contributed by atoms with Crippen LogP contribution in [0, 0.1) is 0 Å². The summed E-state index contributed by atoms with van der Waals surface area (Å²) in [6.45, 7) is 2.72. The van der Waals surface area contributed by atoms with Gasteiger partial charge in [0.05, 0.1) is 5.02 Å². The van der Waals surface area contributed by atoms with E-state index in [4.69, 9.17) is 11.6 Å². The normalized spacial score (nSPS) is 11.1. The minimum atomic E-state index is -0.0744. The predicted molar refractivity (Wildman–Crippen MR) is 80.4 cm³/mol. The van der Waals surface area contributed by atoms with Crippen LogP contribution >= 0.6 is 27.5 Å². The Morgan fingerprint density at radius 3 is 2.68 bits per heavy atom. The number of hydrogen-bond donors (Lipinski definition) is 0. The van der Waals surface area contributed by atoms with Gasteiger partial charge in [0.15, 0.2) is 5.78 Å². The van der Waals surface area contributed by atoms with Crippen molar-refractivity contribution in [1.29, 1.82) is 0 Å². The van der Waals surface area contributed by atoms with E-state index in [1.807, 2.05) is 19.1 Å². The van der Waals surface area contributed by atoms with E-state index < -0.39 is 0 Å². The van der Waals surface area contributed by atoms with Crippen LogP contribution in [0.5, 0.6) is 0 Å². The largest absolute Gasteiger partial charge is 0.289 e. The van der Waals surface area contributed by atoms with Crippen LogP contribution in [0.1, 0.15) is 23.0 Å². The Kier molecular flexibility index (Phi) is 4.56. The Morgan fingerprint density at radius 1 is 1.42 bits per heavy atom. The van der Waals surface area contributed by atoms with E-state index in [2.05, 4.69) is 21.0 Å². The molecule has 0 saturated heterocycles. The molecule has 0 N–H and O–H groups in total. The molecule has 0 amide bonds. The zero-order valence-corrected chi connectivity index (χ0v) is 12.6. The van der Waals surface area contributed by atoms with E-state index >= 15 is 0 Å². The summed E-state index contributed by atoms with van der Waals surface area (Å²) in [5.74, 6) is -0.0744. The Morgan fingerprint density at radius 2 is 2.11 bits per heavy atom. The number of benzene rings is 1. The van der Waals surface area contributed by atoms with Crippen LogP contribution in [0.4, 0.5) is 0 Å². The maximum Gasteiger partial charge on any atom is 0.185 e. The van der Waals surface area contributed by atoms with Gasteiger partial charge < -0.3 is 0 Å². The van der Waals surface area contributed by atoms with Crippen molar-refractivity contribution in [3.8, 4) is 0 Å². The molecule has 0 saturated carbocycles. The number of halogens is 2. The minimum absolute atomic E-state index is 0.0744. The van der Waals surface area contributed by atoms with Crippen molar-refractivity contribution >= 4 is 39.4 Å². The maximum atomic E-state index is 11.9. The Bertz CT molecular complexity index is 617. The van der Waals surface area contributed by atoms with Gasteiger partial charge in [0.1, 0.15) is 5.69 Å². The van der Waals surface area contributed by atoms with Gasteiger partial charge in [-0.1, -0.05) is 27.5 Å². The molecule has 0 aliphatic heterocycles. The van der Waals surface area contributed by atoms with Crippen LogP contribution in [-0.2, 0) is 6.54 Å². The molecule has 1 aromatic carbocycles. The van der Waals surface area contributed by atoms with E-state index in [1.54, 1.807) is 29.1 Å². The molecule has 0 fully saturated rings. The third-order valence-electron chi connectivity index (χ3n) is 2.59. The number of aryl methyl sites for hydroxylation is 1. The Labute approximate surface area is 125 Å². The quantitative estimate of drug-likeness (QED) is 0.617. The van der Waals surface area contributed by atoms with E-state index in [-0.39, 0.29) is 5.78 Å². The summed E-state index contributed by atoms with van der Waals surface area (Å²) in [5.41, 5.74) is 1.24. The second-order valence-electron chi connectivity index (χ2n) is 3.92. The van der Waals surface area contributed by atoms with Crippen molar-refractivity contribution < 1.29 is 4.79 Å². The highest BCUT2D eigenvalue weighted by Crippen LogP contribution is 2.16. The number of rotatable bonds is 4. The molecule has 5 heteroatoms. The van der Waals surface area contributed by atoms with Gasteiger partial charge in [-0.2, -0.15) is 5.10 Å². The minimum Gasteiger partial charge on any atom is -0.289 e. The lowest BCUT2D eigenvalue weighted by atomic mass is 10.1. The molecule has 0 aliphatic carbocycles. The van der Waals surface area contributed by atoms with Crippen LogP contribution in [0.15, 0.2) is 41.0 Å². The first kappa shape index (κ1) is 14.0. The lowest BCUT2D eigenvalue weighted by molar-refractivity contribution is 0.104. The van der Waals surface area contributed by atoms with Crippen LogP contribution in [-0.4, -0.2) is 15.6 Å². The van der Waals surface area contributed by atoms with Gasteiger partial charge in [-0.3, -0.25) is 9.48 Å². The van der Waals surface area contributed by atoms with Gasteiger partial charge in [-0.15, -0.1) is 0 Å². The van der Waals surface area contributed by atoms with E-state index in [1.165, 1.54) is 6.08 Å². The predicted octanol–water partition coefficient (Wildman–Crippen LogP) is 4.22. The van der Waals surface area contributed by atoms with Gasteiger partial charge in [0.25, 0.3) is 0 Å². The number of carbonyl (C=O) groups is 1. The molecular formula is C14H12BrClN2O. The fourth-order valence-corrected chi connectivity index (χ4v) is 2.03. The second-order valence-corrected chi connectivity index (χ2v) is 5.25. The highest BCUT2D eigenvalue weighted by atomic mass is 79.9. The zero-order chi connectivity index (χ0) is 13.8. The van der Waals surface area contributed by atoms with Gasteiger partial charge in [0.2, 0.25) is 0 Å². The number of carbonyl (C=O) groups excluding carboxylic acids is 1. The number of hydrogen-bond acceptors (Lipinski definition) is 2. The lowest BCUT2D eigenvalue weighted by Gasteiger charge is -1.95. The van der Waals surface area contributed by atoms with E-state index in [0.29, 0.717) is 16.3 Å². The zero-order valence-electron chi connectivity index (χ0n) is 10.3. The summed E-state index contributed by atoms with van der Waals surface area (Å²) in [5, 5.41) is 4.79. The van der Waals surface area contributed by atoms with Crippen molar-refractivity contribution in [1.82, 2.24) is 9.78 Å². The summed E-state index contributed by atoms with van der Waals surface area (Å²) >= 11 is 9.35. The van der Waals surface area contributed by atoms with Crippen LogP contribution in [0.3, 0.4) is 0 Å². The average Bonchev–Trinajstić information content (AvgIpc) is 2.77. The molecule has 19 heavy (non-hydrogen) atoms. The molecule has 2 aromatic rings. The van der Waals surface area contributed by atoms with Gasteiger partial charge in [-0.05, 0) is 43.3 Å². The monoisotopic (exact) mass is 338 g/mol. The van der Waals surface area contributed by atoms with Gasteiger partial charge in [0, 0.05) is 22.8 Å². The van der Waals surface area contributed by atoms with Crippen molar-refractivity contribution in [3.63, 3.8) is 0 Å². The SMILES string of the molecule is CCn1cc(Cl)c(C=CC(=O)c2ccc(Br)cc2)n1. The molecule has 0 unspecified atom stereocenters. The second kappa shape index (κ2) is 6.17. The summed E-state index contributed by atoms with van der Waals surface area (Å²) in [7, 11) is 0. The fourth-order valence-electron chi connectivity index (χ4n) is 1.55. The van der Waals surface area contributed by atoms with Crippen LogP contribution in [0.2, 0.25) is 5.02 Å². The molecule has 1 heterocycles. The molecule has 0 aliphatic rings. The average molecular weight is 340 g/mol. The molecule has 1 aromatic heterocycles. The molecular weight excluding hydrogens is 328 g/mol.